The molecule has 0 bridgehead atoms. The van der Waals surface area contributed by atoms with Gasteiger partial charge in [0.2, 0.25) is 0 Å². The van der Waals surface area contributed by atoms with Gasteiger partial charge in [0, 0.05) is 16.5 Å². The van der Waals surface area contributed by atoms with Crippen molar-refractivity contribution in [1.29, 1.82) is 0 Å². The average molecular weight is 277 g/mol. The monoisotopic (exact) mass is 276 g/mol. The van der Waals surface area contributed by atoms with Gasteiger partial charge in [-0.3, -0.25) is 0 Å². The molecule has 0 aliphatic rings. The summed E-state index contributed by atoms with van der Waals surface area (Å²) in [6, 6.07) is 4.55. The molecule has 0 aliphatic carbocycles. The van der Waals surface area contributed by atoms with Gasteiger partial charge in [0.15, 0.2) is 0 Å². The number of aliphatic hydroxyl groups excluding tert-OH is 2. The van der Waals surface area contributed by atoms with Gasteiger partial charge < -0.3 is 15.3 Å². The third-order valence-corrected chi connectivity index (χ3v) is 3.57. The fourth-order valence-electron chi connectivity index (χ4n) is 1.16. The lowest BCUT2D eigenvalue weighted by Crippen LogP contribution is -2.14. The molecule has 17 heavy (non-hydrogen) atoms. The van der Waals surface area contributed by atoms with E-state index in [1.165, 1.54) is 23.9 Å². The van der Waals surface area contributed by atoms with Crippen LogP contribution in [0.1, 0.15) is 15.9 Å². The molecule has 1 atom stereocenters. The van der Waals surface area contributed by atoms with E-state index in [0.717, 1.165) is 5.56 Å². The molecular weight excluding hydrogens is 264 g/mol. The van der Waals surface area contributed by atoms with Crippen molar-refractivity contribution in [3.05, 3.63) is 34.3 Å². The van der Waals surface area contributed by atoms with Crippen molar-refractivity contribution in [3.8, 4) is 0 Å². The van der Waals surface area contributed by atoms with Crippen LogP contribution in [0.2, 0.25) is 5.02 Å². The number of carbonyl (C=O) groups is 1. The third kappa shape index (κ3) is 4.55. The molecule has 1 aromatic carbocycles. The fraction of sp³-hybridized carbons (Fsp3) is 0.364. The molecule has 0 aromatic heterocycles. The summed E-state index contributed by atoms with van der Waals surface area (Å²) < 4.78 is 0. The summed E-state index contributed by atoms with van der Waals surface area (Å²) in [5.41, 5.74) is 0.964. The number of thioether (sulfide) groups is 1. The molecule has 4 nitrogen and oxygen atoms in total. The van der Waals surface area contributed by atoms with Crippen molar-refractivity contribution in [1.82, 2.24) is 0 Å². The van der Waals surface area contributed by atoms with Crippen LogP contribution in [0.5, 0.6) is 0 Å². The van der Waals surface area contributed by atoms with E-state index in [1.807, 2.05) is 0 Å². The molecule has 0 aliphatic heterocycles. The van der Waals surface area contributed by atoms with Crippen LogP contribution in [0.15, 0.2) is 18.2 Å². The number of carboxylic acid groups (broad SMARTS) is 1. The first-order valence-electron chi connectivity index (χ1n) is 4.93. The second kappa shape index (κ2) is 6.86. The summed E-state index contributed by atoms with van der Waals surface area (Å²) >= 11 is 7.36. The van der Waals surface area contributed by atoms with E-state index in [2.05, 4.69) is 0 Å². The SMILES string of the molecule is O=C(O)c1ccc(CSCC(O)CO)c(Cl)c1. The van der Waals surface area contributed by atoms with Crippen molar-refractivity contribution in [2.45, 2.75) is 11.9 Å². The van der Waals surface area contributed by atoms with E-state index in [1.54, 1.807) is 6.07 Å². The summed E-state index contributed by atoms with van der Waals surface area (Å²) in [6.45, 7) is -0.265. The lowest BCUT2D eigenvalue weighted by molar-refractivity contribution is 0.0697. The van der Waals surface area contributed by atoms with Crippen LogP contribution in [0, 0.1) is 0 Å². The van der Waals surface area contributed by atoms with Crippen LogP contribution in [0.3, 0.4) is 0 Å². The van der Waals surface area contributed by atoms with Crippen LogP contribution in [-0.4, -0.2) is 39.8 Å². The standard InChI is InChI=1S/C11H13ClO4S/c12-10-3-7(11(15)16)1-2-8(10)5-17-6-9(14)4-13/h1-3,9,13-14H,4-6H2,(H,15,16). The molecule has 0 fully saturated rings. The second-order valence-electron chi connectivity index (χ2n) is 3.46. The summed E-state index contributed by atoms with van der Waals surface area (Å²) in [5, 5.41) is 26.9. The van der Waals surface area contributed by atoms with Gasteiger partial charge in [0.05, 0.1) is 18.3 Å². The van der Waals surface area contributed by atoms with Gasteiger partial charge in [0.25, 0.3) is 0 Å². The number of hydrogen-bond donors (Lipinski definition) is 3. The fourth-order valence-corrected chi connectivity index (χ4v) is 2.45. The number of hydrogen-bond acceptors (Lipinski definition) is 4. The molecular formula is C11H13ClO4S. The summed E-state index contributed by atoms with van der Waals surface area (Å²) in [4.78, 5) is 10.7. The Morgan fingerprint density at radius 1 is 1.47 bits per heavy atom. The Bertz CT molecular complexity index is 397. The Balaban J connectivity index is 2.57. The average Bonchev–Trinajstić information content (AvgIpc) is 2.30. The highest BCUT2D eigenvalue weighted by Gasteiger charge is 2.08. The first-order chi connectivity index (χ1) is 8.04. The highest BCUT2D eigenvalue weighted by molar-refractivity contribution is 7.98. The molecule has 1 aromatic rings. The summed E-state index contributed by atoms with van der Waals surface area (Å²) in [7, 11) is 0. The van der Waals surface area contributed by atoms with Gasteiger partial charge >= 0.3 is 5.97 Å². The zero-order valence-corrected chi connectivity index (χ0v) is 10.5. The maximum Gasteiger partial charge on any atom is 0.335 e. The number of aromatic carboxylic acids is 1. The van der Waals surface area contributed by atoms with E-state index >= 15 is 0 Å². The predicted molar refractivity (Wildman–Crippen MR) is 67.7 cm³/mol. The number of benzene rings is 1. The molecule has 0 saturated carbocycles. The minimum absolute atomic E-state index is 0.152. The van der Waals surface area contributed by atoms with Crippen molar-refractivity contribution >= 4 is 29.3 Å². The summed E-state index contributed by atoms with van der Waals surface area (Å²) in [6.07, 6.45) is -0.739. The molecule has 0 saturated heterocycles. The number of halogens is 1. The van der Waals surface area contributed by atoms with Gasteiger partial charge in [-0.05, 0) is 17.7 Å². The maximum absolute atomic E-state index is 10.7. The van der Waals surface area contributed by atoms with Gasteiger partial charge in [-0.1, -0.05) is 17.7 Å². The first-order valence-corrected chi connectivity index (χ1v) is 6.46. The van der Waals surface area contributed by atoms with Gasteiger partial charge in [-0.25, -0.2) is 4.79 Å². The minimum Gasteiger partial charge on any atom is -0.478 e. The molecule has 94 valence electrons. The molecule has 0 heterocycles. The molecule has 0 amide bonds. The van der Waals surface area contributed by atoms with Crippen LogP contribution in [-0.2, 0) is 5.75 Å². The first kappa shape index (κ1) is 14.3. The van der Waals surface area contributed by atoms with Crippen molar-refractivity contribution in [2.24, 2.45) is 0 Å². The number of rotatable bonds is 6. The highest BCUT2D eigenvalue weighted by Crippen LogP contribution is 2.23. The molecule has 6 heteroatoms. The largest absolute Gasteiger partial charge is 0.478 e. The Morgan fingerprint density at radius 2 is 2.18 bits per heavy atom. The molecule has 0 spiro atoms. The summed E-state index contributed by atoms with van der Waals surface area (Å²) in [5.74, 6) is -0.0367. The van der Waals surface area contributed by atoms with Gasteiger partial charge in [0.1, 0.15) is 0 Å². The second-order valence-corrected chi connectivity index (χ2v) is 4.90. The highest BCUT2D eigenvalue weighted by atomic mass is 35.5. The van der Waals surface area contributed by atoms with E-state index < -0.39 is 12.1 Å². The molecule has 1 unspecified atom stereocenters. The topological polar surface area (TPSA) is 77.8 Å². The zero-order valence-electron chi connectivity index (χ0n) is 8.97. The zero-order chi connectivity index (χ0) is 12.8. The lowest BCUT2D eigenvalue weighted by atomic mass is 10.1. The Kier molecular flexibility index (Phi) is 5.77. The predicted octanol–water partition coefficient (Wildman–Crippen LogP) is 1.62. The number of carboxylic acids is 1. The van der Waals surface area contributed by atoms with E-state index in [4.69, 9.17) is 26.9 Å². The number of aliphatic hydroxyl groups is 2. The normalized spacial score (nSPS) is 12.4. The van der Waals surface area contributed by atoms with Crippen LogP contribution in [0.4, 0.5) is 0 Å². The Morgan fingerprint density at radius 3 is 2.71 bits per heavy atom. The molecule has 0 radical (unpaired) electrons. The Labute approximate surface area is 108 Å². The smallest absolute Gasteiger partial charge is 0.335 e. The lowest BCUT2D eigenvalue weighted by Gasteiger charge is -2.08. The minimum atomic E-state index is -1.01. The van der Waals surface area contributed by atoms with Crippen molar-refractivity contribution in [3.63, 3.8) is 0 Å². The van der Waals surface area contributed by atoms with Crippen molar-refractivity contribution in [2.75, 3.05) is 12.4 Å². The third-order valence-electron chi connectivity index (χ3n) is 2.08. The molecule has 1 rings (SSSR count). The van der Waals surface area contributed by atoms with Gasteiger partial charge in [-0.2, -0.15) is 11.8 Å². The van der Waals surface area contributed by atoms with Gasteiger partial charge in [-0.15, -0.1) is 0 Å². The Hall–Kier alpha value is -0.750. The molecule has 3 N–H and O–H groups in total. The van der Waals surface area contributed by atoms with E-state index in [0.29, 0.717) is 16.5 Å². The van der Waals surface area contributed by atoms with Crippen LogP contribution < -0.4 is 0 Å². The maximum atomic E-state index is 10.7. The van der Waals surface area contributed by atoms with Crippen LogP contribution in [0.25, 0.3) is 0 Å². The van der Waals surface area contributed by atoms with E-state index in [9.17, 15) is 4.79 Å². The van der Waals surface area contributed by atoms with Crippen molar-refractivity contribution < 1.29 is 20.1 Å². The quantitative estimate of drug-likeness (QED) is 0.736. The van der Waals surface area contributed by atoms with Crippen LogP contribution >= 0.6 is 23.4 Å². The van der Waals surface area contributed by atoms with E-state index in [-0.39, 0.29) is 12.2 Å².